The minimum Gasteiger partial charge on any atom is -0.493 e. The maximum absolute atomic E-state index is 13.0. The molecule has 4 rings (SSSR count). The van der Waals surface area contributed by atoms with Crippen LogP contribution in [0.2, 0.25) is 0 Å². The zero-order valence-corrected chi connectivity index (χ0v) is 14.3. The highest BCUT2D eigenvalue weighted by molar-refractivity contribution is 6.09. The van der Waals surface area contributed by atoms with Gasteiger partial charge >= 0.3 is 0 Å². The van der Waals surface area contributed by atoms with E-state index in [-0.39, 0.29) is 11.6 Å². The molecule has 1 atom stereocenters. The molecule has 1 amide bonds. The van der Waals surface area contributed by atoms with E-state index >= 15 is 0 Å². The average Bonchev–Trinajstić information content (AvgIpc) is 2.92. The van der Waals surface area contributed by atoms with Gasteiger partial charge in [0.05, 0.1) is 19.1 Å². The van der Waals surface area contributed by atoms with E-state index in [9.17, 15) is 14.9 Å². The van der Waals surface area contributed by atoms with Crippen molar-refractivity contribution >= 4 is 17.3 Å². The van der Waals surface area contributed by atoms with Gasteiger partial charge in [0, 0.05) is 29.9 Å². The Labute approximate surface area is 149 Å². The number of methoxy groups -OCH3 is 2. The molecule has 2 N–H and O–H groups in total. The molecule has 1 unspecified atom stereocenters. The second-order valence-electron chi connectivity index (χ2n) is 6.23. The highest BCUT2D eigenvalue weighted by atomic mass is 16.6. The number of rotatable bonds is 3. The van der Waals surface area contributed by atoms with Gasteiger partial charge in [0.15, 0.2) is 17.0 Å². The molecule has 2 aromatic carbocycles. The van der Waals surface area contributed by atoms with Gasteiger partial charge in [-0.15, -0.1) is 0 Å². The lowest BCUT2D eigenvalue weighted by Gasteiger charge is -2.35. The zero-order chi connectivity index (χ0) is 18.5. The van der Waals surface area contributed by atoms with Gasteiger partial charge in [-0.2, -0.15) is 0 Å². The van der Waals surface area contributed by atoms with Crippen molar-refractivity contribution in [3.8, 4) is 11.5 Å². The zero-order valence-electron chi connectivity index (χ0n) is 14.3. The van der Waals surface area contributed by atoms with E-state index in [1.807, 2.05) is 6.07 Å². The second kappa shape index (κ2) is 5.70. The molecule has 134 valence electrons. The molecule has 0 bridgehead atoms. The van der Waals surface area contributed by atoms with Gasteiger partial charge in [-0.05, 0) is 35.7 Å². The van der Waals surface area contributed by atoms with Gasteiger partial charge in [-0.3, -0.25) is 20.2 Å². The van der Waals surface area contributed by atoms with E-state index in [0.717, 1.165) is 11.1 Å². The molecule has 8 heteroatoms. The van der Waals surface area contributed by atoms with Crippen LogP contribution < -0.4 is 20.1 Å². The van der Waals surface area contributed by atoms with E-state index in [2.05, 4.69) is 10.6 Å². The molecule has 0 radical (unpaired) electrons. The van der Waals surface area contributed by atoms with E-state index in [1.54, 1.807) is 19.2 Å². The first-order chi connectivity index (χ1) is 12.5. The van der Waals surface area contributed by atoms with Crippen molar-refractivity contribution in [2.24, 2.45) is 0 Å². The number of carbonyl (C=O) groups is 1. The van der Waals surface area contributed by atoms with Gasteiger partial charge in [0.2, 0.25) is 0 Å². The SMILES string of the molecule is COc1cc2c(cc1OC)C1(NCC2)C(=O)Nc2ccc([N+](=O)[O-])cc21. The number of anilines is 1. The third kappa shape index (κ3) is 2.08. The third-order valence-corrected chi connectivity index (χ3v) is 5.00. The molecule has 1 spiro atoms. The van der Waals surface area contributed by atoms with Crippen molar-refractivity contribution in [2.45, 2.75) is 12.0 Å². The fourth-order valence-electron chi connectivity index (χ4n) is 3.80. The molecule has 2 aliphatic heterocycles. The first-order valence-corrected chi connectivity index (χ1v) is 8.12. The summed E-state index contributed by atoms with van der Waals surface area (Å²) in [7, 11) is 3.09. The first-order valence-electron chi connectivity index (χ1n) is 8.12. The predicted octanol–water partition coefficient (Wildman–Crippen LogP) is 1.95. The second-order valence-corrected chi connectivity index (χ2v) is 6.23. The Morgan fingerprint density at radius 1 is 1.12 bits per heavy atom. The van der Waals surface area contributed by atoms with Crippen LogP contribution in [0.3, 0.4) is 0 Å². The van der Waals surface area contributed by atoms with Crippen molar-refractivity contribution in [1.82, 2.24) is 5.32 Å². The van der Waals surface area contributed by atoms with Crippen LogP contribution in [-0.2, 0) is 16.8 Å². The summed E-state index contributed by atoms with van der Waals surface area (Å²) in [6, 6.07) is 8.03. The number of amides is 1. The lowest BCUT2D eigenvalue weighted by atomic mass is 9.77. The Morgan fingerprint density at radius 3 is 2.54 bits per heavy atom. The topological polar surface area (TPSA) is 103 Å². The Balaban J connectivity index is 1.99. The number of carbonyl (C=O) groups excluding carboxylic acids is 1. The van der Waals surface area contributed by atoms with Crippen molar-refractivity contribution in [3.05, 3.63) is 57.1 Å². The number of nitro benzene ring substituents is 1. The van der Waals surface area contributed by atoms with Crippen LogP contribution in [0.15, 0.2) is 30.3 Å². The molecule has 0 saturated heterocycles. The molecule has 0 fully saturated rings. The number of fused-ring (bicyclic) bond motifs is 4. The largest absolute Gasteiger partial charge is 0.493 e. The molecule has 2 aliphatic rings. The molecular formula is C18H17N3O5. The number of ether oxygens (including phenoxy) is 2. The molecule has 0 saturated carbocycles. The number of hydrogen-bond acceptors (Lipinski definition) is 6. The summed E-state index contributed by atoms with van der Waals surface area (Å²) in [5.41, 5.74) is 1.53. The summed E-state index contributed by atoms with van der Waals surface area (Å²) in [4.78, 5) is 23.8. The molecular weight excluding hydrogens is 338 g/mol. The summed E-state index contributed by atoms with van der Waals surface area (Å²) in [6.07, 6.45) is 0.703. The maximum Gasteiger partial charge on any atom is 0.269 e. The van der Waals surface area contributed by atoms with E-state index in [1.165, 1.54) is 19.2 Å². The Bertz CT molecular complexity index is 943. The maximum atomic E-state index is 13.0. The van der Waals surface area contributed by atoms with E-state index < -0.39 is 10.5 Å². The fraction of sp³-hybridized carbons (Fsp3) is 0.278. The normalized spacial score (nSPS) is 20.3. The van der Waals surface area contributed by atoms with Gasteiger partial charge in [-0.25, -0.2) is 0 Å². The average molecular weight is 355 g/mol. The van der Waals surface area contributed by atoms with Crippen molar-refractivity contribution in [3.63, 3.8) is 0 Å². The molecule has 2 aromatic rings. The first kappa shape index (κ1) is 16.3. The van der Waals surface area contributed by atoms with Crippen LogP contribution in [0.5, 0.6) is 11.5 Å². The molecule has 0 aliphatic carbocycles. The van der Waals surface area contributed by atoms with Gasteiger partial charge in [0.25, 0.3) is 11.6 Å². The van der Waals surface area contributed by atoms with Crippen LogP contribution in [0.1, 0.15) is 16.7 Å². The summed E-state index contributed by atoms with van der Waals surface area (Å²) in [6.45, 7) is 0.554. The van der Waals surface area contributed by atoms with E-state index in [0.29, 0.717) is 35.7 Å². The molecule has 2 heterocycles. The van der Waals surface area contributed by atoms with Gasteiger partial charge in [-0.1, -0.05) is 0 Å². The highest BCUT2D eigenvalue weighted by Gasteiger charge is 2.51. The lowest BCUT2D eigenvalue weighted by molar-refractivity contribution is -0.384. The summed E-state index contributed by atoms with van der Waals surface area (Å²) in [5.74, 6) is 0.822. The molecule has 8 nitrogen and oxygen atoms in total. The predicted molar refractivity (Wildman–Crippen MR) is 93.8 cm³/mol. The van der Waals surface area contributed by atoms with Gasteiger partial charge < -0.3 is 14.8 Å². The summed E-state index contributed by atoms with van der Waals surface area (Å²) < 4.78 is 10.8. The lowest BCUT2D eigenvalue weighted by Crippen LogP contribution is -2.52. The standard InChI is InChI=1S/C18H17N3O5/c1-25-15-7-10-5-6-19-18(12(10)9-16(15)26-2)13-8-11(21(23)24)3-4-14(13)20-17(18)22/h3-4,7-9,19H,5-6H2,1-2H3,(H,20,22). The smallest absolute Gasteiger partial charge is 0.269 e. The highest BCUT2D eigenvalue weighted by Crippen LogP contribution is 2.47. The number of benzene rings is 2. The number of nitrogens with one attached hydrogen (secondary N) is 2. The molecule has 26 heavy (non-hydrogen) atoms. The summed E-state index contributed by atoms with van der Waals surface area (Å²) >= 11 is 0. The number of non-ortho nitro benzene ring substituents is 1. The Kier molecular flexibility index (Phi) is 3.58. The number of nitro groups is 1. The van der Waals surface area contributed by atoms with Crippen molar-refractivity contribution in [1.29, 1.82) is 0 Å². The summed E-state index contributed by atoms with van der Waals surface area (Å²) in [5, 5.41) is 17.3. The van der Waals surface area contributed by atoms with Crippen LogP contribution in [0.4, 0.5) is 11.4 Å². The third-order valence-electron chi connectivity index (χ3n) is 5.00. The van der Waals surface area contributed by atoms with Crippen LogP contribution in [-0.4, -0.2) is 31.6 Å². The number of nitrogens with zero attached hydrogens (tertiary/aromatic N) is 1. The number of hydrogen-bond donors (Lipinski definition) is 2. The Hall–Kier alpha value is -3.13. The minimum atomic E-state index is -1.19. The van der Waals surface area contributed by atoms with Crippen molar-refractivity contribution < 1.29 is 19.2 Å². The van der Waals surface area contributed by atoms with Crippen LogP contribution in [0, 0.1) is 10.1 Å². The minimum absolute atomic E-state index is 0.0611. The molecule has 0 aromatic heterocycles. The van der Waals surface area contributed by atoms with Crippen LogP contribution >= 0.6 is 0 Å². The van der Waals surface area contributed by atoms with Crippen molar-refractivity contribution in [2.75, 3.05) is 26.1 Å². The monoisotopic (exact) mass is 355 g/mol. The fourth-order valence-corrected chi connectivity index (χ4v) is 3.80. The Morgan fingerprint density at radius 2 is 1.85 bits per heavy atom. The van der Waals surface area contributed by atoms with Gasteiger partial charge in [0.1, 0.15) is 0 Å². The van der Waals surface area contributed by atoms with E-state index in [4.69, 9.17) is 9.47 Å². The quantitative estimate of drug-likeness (QED) is 0.644. The van der Waals surface area contributed by atoms with Crippen LogP contribution in [0.25, 0.3) is 0 Å².